The molecule has 0 amide bonds. The van der Waals surface area contributed by atoms with Crippen LogP contribution in [0.15, 0.2) is 18.2 Å². The molecule has 0 aliphatic rings. The summed E-state index contributed by atoms with van der Waals surface area (Å²) in [6.07, 6.45) is 0.0860. The molecule has 6 nitrogen and oxygen atoms in total. The summed E-state index contributed by atoms with van der Waals surface area (Å²) in [7, 11) is 0. The van der Waals surface area contributed by atoms with Crippen molar-refractivity contribution in [3.63, 3.8) is 0 Å². The Hall–Kier alpha value is -2.08. The van der Waals surface area contributed by atoms with Crippen LogP contribution in [0.2, 0.25) is 0 Å². The number of ether oxygens (including phenoxy) is 1. The van der Waals surface area contributed by atoms with E-state index >= 15 is 0 Å². The minimum Gasteiger partial charge on any atom is -0.508 e. The lowest BCUT2D eigenvalue weighted by atomic mass is 9.98. The fourth-order valence-electron chi connectivity index (χ4n) is 1.67. The second-order valence-electron chi connectivity index (χ2n) is 4.85. The zero-order valence-electron chi connectivity index (χ0n) is 11.5. The predicted molar refractivity (Wildman–Crippen MR) is 72.5 cm³/mol. The molecule has 1 atom stereocenters. The Bertz CT molecular complexity index is 498. The summed E-state index contributed by atoms with van der Waals surface area (Å²) < 4.78 is 4.49. The first-order valence-corrected chi connectivity index (χ1v) is 6.27. The Morgan fingerprint density at radius 1 is 1.35 bits per heavy atom. The molecular formula is C14H19NO5. The van der Waals surface area contributed by atoms with Gasteiger partial charge in [-0.1, -0.05) is 26.0 Å². The summed E-state index contributed by atoms with van der Waals surface area (Å²) in [5.74, 6) is -1.70. The van der Waals surface area contributed by atoms with Gasteiger partial charge in [0.1, 0.15) is 11.8 Å². The van der Waals surface area contributed by atoms with Gasteiger partial charge in [-0.15, -0.1) is 0 Å². The molecule has 0 heterocycles. The Morgan fingerprint density at radius 2 is 2.00 bits per heavy atom. The third-order valence-electron chi connectivity index (χ3n) is 2.86. The zero-order chi connectivity index (χ0) is 15.3. The highest BCUT2D eigenvalue weighted by Crippen LogP contribution is 2.24. The molecule has 0 aliphatic heterocycles. The van der Waals surface area contributed by atoms with Gasteiger partial charge in [0.15, 0.2) is 6.61 Å². The highest BCUT2D eigenvalue weighted by Gasteiger charge is 2.18. The number of nitrogens with two attached hydrogens (primary N) is 1. The van der Waals surface area contributed by atoms with Gasteiger partial charge in [-0.05, 0) is 23.1 Å². The van der Waals surface area contributed by atoms with Gasteiger partial charge >= 0.3 is 11.9 Å². The topological polar surface area (TPSA) is 110 Å². The lowest BCUT2D eigenvalue weighted by Gasteiger charge is -2.13. The van der Waals surface area contributed by atoms with Crippen LogP contribution in [0.3, 0.4) is 0 Å². The lowest BCUT2D eigenvalue weighted by molar-refractivity contribution is -0.156. The fourth-order valence-corrected chi connectivity index (χ4v) is 1.67. The Morgan fingerprint density at radius 3 is 2.50 bits per heavy atom. The summed E-state index contributed by atoms with van der Waals surface area (Å²) in [4.78, 5) is 21.7. The molecule has 20 heavy (non-hydrogen) atoms. The van der Waals surface area contributed by atoms with Gasteiger partial charge in [-0.3, -0.25) is 4.79 Å². The van der Waals surface area contributed by atoms with E-state index in [9.17, 15) is 14.7 Å². The van der Waals surface area contributed by atoms with Crippen molar-refractivity contribution in [1.82, 2.24) is 0 Å². The summed E-state index contributed by atoms with van der Waals surface area (Å²) in [5, 5.41) is 18.3. The van der Waals surface area contributed by atoms with Gasteiger partial charge in [0.2, 0.25) is 0 Å². The molecule has 0 fully saturated rings. The molecular weight excluding hydrogens is 262 g/mol. The first-order chi connectivity index (χ1) is 9.31. The maximum atomic E-state index is 11.4. The van der Waals surface area contributed by atoms with Crippen LogP contribution >= 0.6 is 0 Å². The van der Waals surface area contributed by atoms with E-state index in [0.29, 0.717) is 5.56 Å². The smallest absolute Gasteiger partial charge is 0.341 e. The number of carboxylic acid groups (broad SMARTS) is 1. The maximum absolute atomic E-state index is 11.4. The van der Waals surface area contributed by atoms with E-state index in [4.69, 9.17) is 10.8 Å². The second kappa shape index (κ2) is 6.91. The number of carbonyl (C=O) groups excluding carboxylic acids is 1. The van der Waals surface area contributed by atoms with Gasteiger partial charge in [0.25, 0.3) is 0 Å². The van der Waals surface area contributed by atoms with Crippen LogP contribution in [0.1, 0.15) is 30.9 Å². The number of hydrogen-bond donors (Lipinski definition) is 3. The standard InChI is InChI=1S/C14H19NO5/c1-8(2)9-3-4-10(12(16)6-9)5-11(15)14(19)20-7-13(17)18/h3-4,6,8,11,16H,5,7,15H2,1-2H3,(H,17,18). The van der Waals surface area contributed by atoms with Crippen molar-refractivity contribution in [1.29, 1.82) is 0 Å². The molecule has 1 unspecified atom stereocenters. The van der Waals surface area contributed by atoms with Crippen molar-refractivity contribution in [2.45, 2.75) is 32.2 Å². The zero-order valence-corrected chi connectivity index (χ0v) is 11.5. The number of esters is 1. The normalized spacial score (nSPS) is 12.2. The van der Waals surface area contributed by atoms with Gasteiger partial charge < -0.3 is 20.7 Å². The molecule has 0 spiro atoms. The van der Waals surface area contributed by atoms with E-state index in [1.165, 1.54) is 0 Å². The quantitative estimate of drug-likeness (QED) is 0.671. The molecule has 110 valence electrons. The van der Waals surface area contributed by atoms with Gasteiger partial charge in [-0.25, -0.2) is 4.79 Å². The fraction of sp³-hybridized carbons (Fsp3) is 0.429. The number of carbonyl (C=O) groups is 2. The molecule has 0 saturated carbocycles. The van der Waals surface area contributed by atoms with Crippen LogP contribution < -0.4 is 5.73 Å². The average molecular weight is 281 g/mol. The SMILES string of the molecule is CC(C)c1ccc(CC(N)C(=O)OCC(=O)O)c(O)c1. The first-order valence-electron chi connectivity index (χ1n) is 6.27. The Kier molecular flexibility index (Phi) is 5.52. The summed E-state index contributed by atoms with van der Waals surface area (Å²) in [6.45, 7) is 3.29. The van der Waals surface area contributed by atoms with E-state index in [1.807, 2.05) is 19.9 Å². The largest absolute Gasteiger partial charge is 0.508 e. The number of hydrogen-bond acceptors (Lipinski definition) is 5. The van der Waals surface area contributed by atoms with Gasteiger partial charge in [0.05, 0.1) is 0 Å². The van der Waals surface area contributed by atoms with Crippen LogP contribution in [-0.2, 0) is 20.7 Å². The summed E-state index contributed by atoms with van der Waals surface area (Å²) in [5.41, 5.74) is 7.13. The van der Waals surface area contributed by atoms with Crippen molar-refractivity contribution in [3.8, 4) is 5.75 Å². The van der Waals surface area contributed by atoms with Crippen molar-refractivity contribution >= 4 is 11.9 Å². The molecule has 1 aromatic carbocycles. The number of phenols is 1. The van der Waals surface area contributed by atoms with E-state index in [1.54, 1.807) is 12.1 Å². The van der Waals surface area contributed by atoms with Crippen molar-refractivity contribution in [2.24, 2.45) is 5.73 Å². The van der Waals surface area contributed by atoms with Crippen LogP contribution in [-0.4, -0.2) is 34.8 Å². The Balaban J connectivity index is 2.68. The van der Waals surface area contributed by atoms with Crippen molar-refractivity contribution in [2.75, 3.05) is 6.61 Å². The van der Waals surface area contributed by atoms with Crippen molar-refractivity contribution < 1.29 is 24.5 Å². The highest BCUT2D eigenvalue weighted by molar-refractivity contribution is 5.79. The summed E-state index contributed by atoms with van der Waals surface area (Å²) in [6, 6.07) is 4.18. The maximum Gasteiger partial charge on any atom is 0.341 e. The van der Waals surface area contributed by atoms with Gasteiger partial charge in [0, 0.05) is 6.42 Å². The van der Waals surface area contributed by atoms with Crippen LogP contribution in [0, 0.1) is 0 Å². The molecule has 0 bridgehead atoms. The second-order valence-corrected chi connectivity index (χ2v) is 4.85. The molecule has 1 aromatic rings. The monoisotopic (exact) mass is 281 g/mol. The number of carboxylic acids is 1. The number of rotatable bonds is 6. The van der Waals surface area contributed by atoms with Gasteiger partial charge in [-0.2, -0.15) is 0 Å². The number of phenolic OH excluding ortho intramolecular Hbond substituents is 1. The van der Waals surface area contributed by atoms with Crippen molar-refractivity contribution in [3.05, 3.63) is 29.3 Å². The Labute approximate surface area is 117 Å². The van der Waals surface area contributed by atoms with Crippen LogP contribution in [0.5, 0.6) is 5.75 Å². The predicted octanol–water partition coefficient (Wildman–Crippen LogP) is 1.01. The number of benzene rings is 1. The highest BCUT2D eigenvalue weighted by atomic mass is 16.6. The first kappa shape index (κ1) is 16.0. The lowest BCUT2D eigenvalue weighted by Crippen LogP contribution is -2.35. The third kappa shape index (κ3) is 4.55. The molecule has 1 rings (SSSR count). The van der Waals surface area contributed by atoms with E-state index < -0.39 is 24.6 Å². The third-order valence-corrected chi connectivity index (χ3v) is 2.86. The molecule has 0 radical (unpaired) electrons. The average Bonchev–Trinajstić information content (AvgIpc) is 2.37. The number of aliphatic carboxylic acids is 1. The summed E-state index contributed by atoms with van der Waals surface area (Å²) >= 11 is 0. The number of aromatic hydroxyl groups is 1. The molecule has 4 N–H and O–H groups in total. The molecule has 0 saturated heterocycles. The van der Waals surface area contributed by atoms with E-state index in [-0.39, 0.29) is 18.1 Å². The minimum absolute atomic E-state index is 0.0673. The molecule has 0 aromatic heterocycles. The van der Waals surface area contributed by atoms with E-state index in [0.717, 1.165) is 5.56 Å². The van der Waals surface area contributed by atoms with Crippen LogP contribution in [0.25, 0.3) is 0 Å². The van der Waals surface area contributed by atoms with E-state index in [2.05, 4.69) is 4.74 Å². The minimum atomic E-state index is -1.24. The molecule has 0 aliphatic carbocycles. The molecule has 6 heteroatoms. The van der Waals surface area contributed by atoms with Crippen LogP contribution in [0.4, 0.5) is 0 Å².